The Morgan fingerprint density at radius 2 is 2.11 bits per heavy atom. The van der Waals surface area contributed by atoms with Crippen LogP contribution in [0.25, 0.3) is 0 Å². The summed E-state index contributed by atoms with van der Waals surface area (Å²) in [6.07, 6.45) is 0.472. The van der Waals surface area contributed by atoms with Crippen LogP contribution in [0.2, 0.25) is 0 Å². The predicted molar refractivity (Wildman–Crippen MR) is 73.5 cm³/mol. The van der Waals surface area contributed by atoms with E-state index in [0.29, 0.717) is 13.0 Å². The lowest BCUT2D eigenvalue weighted by Crippen LogP contribution is -2.29. The fraction of sp³-hybridized carbons (Fsp3) is 0.400. The van der Waals surface area contributed by atoms with Gasteiger partial charge in [-0.3, -0.25) is 0 Å². The maximum atomic E-state index is 11.9. The zero-order valence-electron chi connectivity index (χ0n) is 11.1. The van der Waals surface area contributed by atoms with Crippen molar-refractivity contribution in [1.29, 1.82) is 0 Å². The van der Waals surface area contributed by atoms with Crippen molar-refractivity contribution in [3.05, 3.63) is 35.4 Å². The summed E-state index contributed by atoms with van der Waals surface area (Å²) >= 11 is 0. The van der Waals surface area contributed by atoms with E-state index in [0.717, 1.165) is 24.2 Å². The third kappa shape index (κ3) is 3.27. The minimum absolute atomic E-state index is 0.0677. The van der Waals surface area contributed by atoms with Gasteiger partial charge in [-0.1, -0.05) is 30.0 Å². The lowest BCUT2D eigenvalue weighted by molar-refractivity contribution is 0.197. The number of hydrogen-bond donors (Lipinski definition) is 1. The molecule has 0 atom stereocenters. The Balaban J connectivity index is 2.13. The van der Waals surface area contributed by atoms with Crippen LogP contribution in [0, 0.1) is 11.8 Å². The van der Waals surface area contributed by atoms with Crippen molar-refractivity contribution in [1.82, 2.24) is 9.80 Å². The molecule has 1 heterocycles. The first kappa shape index (κ1) is 13.4. The highest BCUT2D eigenvalue weighted by Crippen LogP contribution is 2.15. The van der Waals surface area contributed by atoms with Gasteiger partial charge >= 0.3 is 6.03 Å². The summed E-state index contributed by atoms with van der Waals surface area (Å²) in [5.41, 5.74) is 1.98. The second kappa shape index (κ2) is 6.26. The van der Waals surface area contributed by atoms with Gasteiger partial charge in [-0.05, 0) is 11.6 Å². The molecular weight excluding hydrogens is 240 g/mol. The number of hydrogen-bond acceptors (Lipinski definition) is 2. The van der Waals surface area contributed by atoms with E-state index in [1.54, 1.807) is 4.90 Å². The Hall–Kier alpha value is -1.99. The number of carbonyl (C=O) groups is 1. The molecule has 0 bridgehead atoms. The number of aliphatic hydroxyl groups excluding tert-OH is 1. The molecule has 1 aliphatic heterocycles. The van der Waals surface area contributed by atoms with E-state index >= 15 is 0 Å². The Kier molecular flexibility index (Phi) is 4.43. The molecule has 100 valence electrons. The van der Waals surface area contributed by atoms with E-state index in [4.69, 9.17) is 5.11 Å². The highest BCUT2D eigenvalue weighted by Gasteiger charge is 2.25. The number of rotatable bonds is 3. The molecule has 2 amide bonds. The lowest BCUT2D eigenvalue weighted by atomic mass is 10.1. The van der Waals surface area contributed by atoms with Crippen molar-refractivity contribution in [2.75, 3.05) is 26.7 Å². The van der Waals surface area contributed by atoms with Gasteiger partial charge in [0.05, 0.1) is 6.61 Å². The third-order valence-electron chi connectivity index (χ3n) is 3.14. The van der Waals surface area contributed by atoms with Crippen molar-refractivity contribution in [3.63, 3.8) is 0 Å². The van der Waals surface area contributed by atoms with Crippen LogP contribution in [-0.4, -0.2) is 47.7 Å². The maximum absolute atomic E-state index is 11.9. The first-order valence-corrected chi connectivity index (χ1v) is 6.40. The molecule has 0 unspecified atom stereocenters. The minimum atomic E-state index is 0.0677. The molecule has 0 saturated carbocycles. The van der Waals surface area contributed by atoms with Crippen molar-refractivity contribution < 1.29 is 9.90 Å². The van der Waals surface area contributed by atoms with Crippen LogP contribution in [0.4, 0.5) is 4.79 Å². The van der Waals surface area contributed by atoms with Crippen LogP contribution in [0.3, 0.4) is 0 Å². The summed E-state index contributed by atoms with van der Waals surface area (Å²) in [5, 5.41) is 8.75. The fourth-order valence-corrected chi connectivity index (χ4v) is 2.05. The van der Waals surface area contributed by atoms with Crippen molar-refractivity contribution >= 4 is 6.03 Å². The molecule has 4 heteroatoms. The monoisotopic (exact) mass is 258 g/mol. The highest BCUT2D eigenvalue weighted by molar-refractivity contribution is 5.76. The molecule has 0 radical (unpaired) electrons. The van der Waals surface area contributed by atoms with E-state index in [1.807, 2.05) is 36.2 Å². The summed E-state index contributed by atoms with van der Waals surface area (Å²) in [5.74, 6) is 5.98. The van der Waals surface area contributed by atoms with Crippen LogP contribution in [0.5, 0.6) is 0 Å². The normalized spacial score (nSPS) is 14.5. The van der Waals surface area contributed by atoms with Gasteiger partial charge < -0.3 is 14.9 Å². The number of nitrogens with zero attached hydrogens (tertiary/aromatic N) is 2. The fourth-order valence-electron chi connectivity index (χ4n) is 2.05. The molecule has 0 spiro atoms. The second-order valence-electron chi connectivity index (χ2n) is 4.56. The molecule has 0 aliphatic carbocycles. The number of urea groups is 1. The summed E-state index contributed by atoms with van der Waals surface area (Å²) in [4.78, 5) is 15.4. The molecule has 2 rings (SSSR count). The van der Waals surface area contributed by atoms with E-state index < -0.39 is 0 Å². The number of carbonyl (C=O) groups excluding carboxylic acids is 1. The molecule has 4 nitrogen and oxygen atoms in total. The van der Waals surface area contributed by atoms with Crippen molar-refractivity contribution in [3.8, 4) is 11.8 Å². The molecule has 1 fully saturated rings. The van der Waals surface area contributed by atoms with E-state index in [1.165, 1.54) is 0 Å². The van der Waals surface area contributed by atoms with Crippen molar-refractivity contribution in [2.24, 2.45) is 0 Å². The Labute approximate surface area is 113 Å². The molecular formula is C15H18N2O2. The van der Waals surface area contributed by atoms with Gasteiger partial charge in [0.1, 0.15) is 0 Å². The van der Waals surface area contributed by atoms with Gasteiger partial charge in [-0.15, -0.1) is 0 Å². The van der Waals surface area contributed by atoms with Crippen LogP contribution in [-0.2, 0) is 6.54 Å². The average molecular weight is 258 g/mol. The molecule has 1 aromatic rings. The summed E-state index contributed by atoms with van der Waals surface area (Å²) in [6, 6.07) is 7.90. The van der Waals surface area contributed by atoms with Gasteiger partial charge in [0, 0.05) is 38.7 Å². The highest BCUT2D eigenvalue weighted by atomic mass is 16.2. The molecule has 1 N–H and O–H groups in total. The van der Waals surface area contributed by atoms with Gasteiger partial charge in [0.15, 0.2) is 0 Å². The van der Waals surface area contributed by atoms with Crippen molar-refractivity contribution in [2.45, 2.75) is 13.0 Å². The largest absolute Gasteiger partial charge is 0.395 e. The van der Waals surface area contributed by atoms with E-state index in [2.05, 4.69) is 11.8 Å². The standard InChI is InChI=1S/C15H18N2O2/c1-16-9-10-17(15(16)19)12-14-8-3-2-6-13(14)7-4-5-11-18/h2-3,6,8,18H,5,9-12H2,1H3. The molecule has 1 saturated heterocycles. The minimum Gasteiger partial charge on any atom is -0.395 e. The Bertz CT molecular complexity index is 516. The van der Waals surface area contributed by atoms with Gasteiger partial charge in [0.2, 0.25) is 0 Å². The first-order valence-electron chi connectivity index (χ1n) is 6.40. The number of benzene rings is 1. The molecule has 1 aliphatic rings. The number of aliphatic hydroxyl groups is 1. The molecule has 0 aromatic heterocycles. The summed E-state index contributed by atoms with van der Waals surface area (Å²) in [7, 11) is 1.81. The van der Waals surface area contributed by atoms with Gasteiger partial charge in [-0.25, -0.2) is 4.79 Å². The maximum Gasteiger partial charge on any atom is 0.320 e. The average Bonchev–Trinajstić information content (AvgIpc) is 2.73. The molecule has 1 aromatic carbocycles. The van der Waals surface area contributed by atoms with Gasteiger partial charge in [0.25, 0.3) is 0 Å². The van der Waals surface area contributed by atoms with E-state index in [-0.39, 0.29) is 12.6 Å². The molecule has 19 heavy (non-hydrogen) atoms. The van der Waals surface area contributed by atoms with Crippen LogP contribution >= 0.6 is 0 Å². The Morgan fingerprint density at radius 1 is 1.32 bits per heavy atom. The van der Waals surface area contributed by atoms with Crippen LogP contribution in [0.15, 0.2) is 24.3 Å². The zero-order chi connectivity index (χ0) is 13.7. The topological polar surface area (TPSA) is 43.8 Å². The quantitative estimate of drug-likeness (QED) is 0.830. The first-order chi connectivity index (χ1) is 9.22. The smallest absolute Gasteiger partial charge is 0.320 e. The Morgan fingerprint density at radius 3 is 2.79 bits per heavy atom. The third-order valence-corrected chi connectivity index (χ3v) is 3.14. The van der Waals surface area contributed by atoms with E-state index in [9.17, 15) is 4.79 Å². The summed E-state index contributed by atoms with van der Waals surface area (Å²) < 4.78 is 0. The van der Waals surface area contributed by atoms with Crippen LogP contribution < -0.4 is 0 Å². The second-order valence-corrected chi connectivity index (χ2v) is 4.56. The summed E-state index contributed by atoms with van der Waals surface area (Å²) in [6.45, 7) is 2.20. The number of likely N-dealkylation sites (N-methyl/N-ethyl adjacent to an activating group) is 1. The van der Waals surface area contributed by atoms with Crippen LogP contribution in [0.1, 0.15) is 17.5 Å². The zero-order valence-corrected chi connectivity index (χ0v) is 11.1. The lowest BCUT2D eigenvalue weighted by Gasteiger charge is -2.16. The van der Waals surface area contributed by atoms with Gasteiger partial charge in [-0.2, -0.15) is 0 Å². The SMILES string of the molecule is CN1CCN(Cc2ccccc2C#CCCO)C1=O. The predicted octanol–water partition coefficient (Wildman–Crippen LogP) is 1.29. The number of amides is 2.